The molecule has 0 saturated carbocycles. The molecule has 0 heterocycles. The molecule has 0 aliphatic rings. The van der Waals surface area contributed by atoms with Crippen molar-refractivity contribution >= 4 is 6.21 Å². The summed E-state index contributed by atoms with van der Waals surface area (Å²) < 4.78 is 16.7. The third-order valence-electron chi connectivity index (χ3n) is 3.40. The zero-order valence-corrected chi connectivity index (χ0v) is 15.3. The number of nitrogens with one attached hydrogen (secondary N) is 1. The SMILES string of the molecule is CCOc1cc(/C=N/NCc2ccccc2OC)ccc1OC(C)C. The van der Waals surface area contributed by atoms with Gasteiger partial charge in [0, 0.05) is 5.56 Å². The van der Waals surface area contributed by atoms with Gasteiger partial charge in [0.25, 0.3) is 0 Å². The third-order valence-corrected chi connectivity index (χ3v) is 3.40. The van der Waals surface area contributed by atoms with Crippen molar-refractivity contribution in [2.45, 2.75) is 33.4 Å². The van der Waals surface area contributed by atoms with Crippen molar-refractivity contribution in [1.82, 2.24) is 5.43 Å². The Kier molecular flexibility index (Phi) is 7.14. The Hall–Kier alpha value is -2.69. The van der Waals surface area contributed by atoms with E-state index < -0.39 is 0 Å². The van der Waals surface area contributed by atoms with E-state index in [-0.39, 0.29) is 6.10 Å². The summed E-state index contributed by atoms with van der Waals surface area (Å²) in [4.78, 5) is 0. The summed E-state index contributed by atoms with van der Waals surface area (Å²) >= 11 is 0. The number of benzene rings is 2. The molecule has 0 unspecified atom stereocenters. The Morgan fingerprint density at radius 1 is 1.08 bits per heavy atom. The van der Waals surface area contributed by atoms with Crippen LogP contribution in [0, 0.1) is 0 Å². The highest BCUT2D eigenvalue weighted by Crippen LogP contribution is 2.29. The Bertz CT molecular complexity index is 699. The molecule has 0 bridgehead atoms. The van der Waals surface area contributed by atoms with Crippen LogP contribution in [0.5, 0.6) is 17.2 Å². The molecule has 0 aliphatic carbocycles. The molecule has 0 aliphatic heterocycles. The zero-order valence-electron chi connectivity index (χ0n) is 15.3. The first-order valence-electron chi connectivity index (χ1n) is 8.45. The van der Waals surface area contributed by atoms with Gasteiger partial charge in [-0.05, 0) is 50.6 Å². The number of methoxy groups -OCH3 is 1. The van der Waals surface area contributed by atoms with Crippen molar-refractivity contribution in [2.75, 3.05) is 13.7 Å². The number of para-hydroxylation sites is 1. The molecule has 2 aromatic rings. The molecular formula is C20H26N2O3. The van der Waals surface area contributed by atoms with Gasteiger partial charge < -0.3 is 19.6 Å². The van der Waals surface area contributed by atoms with Crippen LogP contribution in [0.3, 0.4) is 0 Å². The monoisotopic (exact) mass is 342 g/mol. The molecule has 0 spiro atoms. The van der Waals surface area contributed by atoms with E-state index in [4.69, 9.17) is 14.2 Å². The van der Waals surface area contributed by atoms with Crippen LogP contribution in [0.25, 0.3) is 0 Å². The maximum atomic E-state index is 5.76. The van der Waals surface area contributed by atoms with Crippen LogP contribution >= 0.6 is 0 Å². The summed E-state index contributed by atoms with van der Waals surface area (Å²) in [5.41, 5.74) is 5.03. The minimum atomic E-state index is 0.0984. The second-order valence-electron chi connectivity index (χ2n) is 5.71. The van der Waals surface area contributed by atoms with E-state index in [0.29, 0.717) is 13.2 Å². The molecule has 0 aromatic heterocycles. The minimum Gasteiger partial charge on any atom is -0.496 e. The van der Waals surface area contributed by atoms with Gasteiger partial charge in [-0.3, -0.25) is 0 Å². The quantitative estimate of drug-likeness (QED) is 0.553. The molecule has 25 heavy (non-hydrogen) atoms. The fourth-order valence-electron chi connectivity index (χ4n) is 2.32. The first-order valence-corrected chi connectivity index (χ1v) is 8.45. The standard InChI is InChI=1S/C20H26N2O3/c1-5-24-20-12-16(10-11-19(20)25-15(2)3)13-21-22-14-17-8-6-7-9-18(17)23-4/h6-13,15,22H,5,14H2,1-4H3/b21-13+. The molecule has 0 saturated heterocycles. The number of hydrogen-bond acceptors (Lipinski definition) is 5. The molecule has 5 heteroatoms. The van der Waals surface area contributed by atoms with Crippen LogP contribution in [0.1, 0.15) is 31.9 Å². The zero-order chi connectivity index (χ0) is 18.1. The fraction of sp³-hybridized carbons (Fsp3) is 0.350. The minimum absolute atomic E-state index is 0.0984. The average molecular weight is 342 g/mol. The molecule has 0 radical (unpaired) electrons. The Balaban J connectivity index is 2.01. The fourth-order valence-corrected chi connectivity index (χ4v) is 2.32. The summed E-state index contributed by atoms with van der Waals surface area (Å²) in [7, 11) is 1.66. The van der Waals surface area contributed by atoms with Crippen LogP contribution in [0.2, 0.25) is 0 Å². The lowest BCUT2D eigenvalue weighted by atomic mass is 10.2. The predicted molar refractivity (Wildman–Crippen MR) is 101 cm³/mol. The second-order valence-corrected chi connectivity index (χ2v) is 5.71. The van der Waals surface area contributed by atoms with Crippen molar-refractivity contribution in [3.8, 4) is 17.2 Å². The summed E-state index contributed by atoms with van der Waals surface area (Å²) in [6.45, 7) is 7.11. The van der Waals surface area contributed by atoms with E-state index in [0.717, 1.165) is 28.4 Å². The van der Waals surface area contributed by atoms with E-state index in [1.54, 1.807) is 13.3 Å². The van der Waals surface area contributed by atoms with Gasteiger partial charge in [0.15, 0.2) is 11.5 Å². The largest absolute Gasteiger partial charge is 0.496 e. The summed E-state index contributed by atoms with van der Waals surface area (Å²) in [6.07, 6.45) is 1.86. The maximum absolute atomic E-state index is 5.76. The topological polar surface area (TPSA) is 52.1 Å². The smallest absolute Gasteiger partial charge is 0.161 e. The first kappa shape index (κ1) is 18.6. The van der Waals surface area contributed by atoms with Crippen LogP contribution in [0.4, 0.5) is 0 Å². The Morgan fingerprint density at radius 2 is 1.88 bits per heavy atom. The van der Waals surface area contributed by atoms with Gasteiger partial charge in [-0.25, -0.2) is 0 Å². The molecule has 5 nitrogen and oxygen atoms in total. The highest BCUT2D eigenvalue weighted by molar-refractivity contribution is 5.80. The van der Waals surface area contributed by atoms with Crippen molar-refractivity contribution in [3.05, 3.63) is 53.6 Å². The molecule has 0 fully saturated rings. The molecule has 1 N–H and O–H groups in total. The highest BCUT2D eigenvalue weighted by Gasteiger charge is 2.07. The summed E-state index contributed by atoms with van der Waals surface area (Å²) in [5, 5.41) is 4.28. The number of nitrogens with zero attached hydrogens (tertiary/aromatic N) is 1. The van der Waals surface area contributed by atoms with E-state index in [1.807, 2.05) is 63.2 Å². The lowest BCUT2D eigenvalue weighted by molar-refractivity contribution is 0.224. The van der Waals surface area contributed by atoms with Crippen molar-refractivity contribution in [2.24, 2.45) is 5.10 Å². The van der Waals surface area contributed by atoms with Gasteiger partial charge in [0.05, 0.1) is 32.6 Å². The lowest BCUT2D eigenvalue weighted by Crippen LogP contribution is -2.08. The lowest BCUT2D eigenvalue weighted by Gasteiger charge is -2.14. The maximum Gasteiger partial charge on any atom is 0.161 e. The van der Waals surface area contributed by atoms with E-state index in [2.05, 4.69) is 10.5 Å². The van der Waals surface area contributed by atoms with Crippen LogP contribution in [0.15, 0.2) is 47.6 Å². The van der Waals surface area contributed by atoms with Gasteiger partial charge in [-0.2, -0.15) is 5.10 Å². The normalized spacial score (nSPS) is 10.9. The van der Waals surface area contributed by atoms with Crippen molar-refractivity contribution in [1.29, 1.82) is 0 Å². The van der Waals surface area contributed by atoms with Crippen LogP contribution < -0.4 is 19.6 Å². The van der Waals surface area contributed by atoms with Crippen molar-refractivity contribution in [3.63, 3.8) is 0 Å². The van der Waals surface area contributed by atoms with E-state index >= 15 is 0 Å². The van der Waals surface area contributed by atoms with Crippen LogP contribution in [-0.4, -0.2) is 26.0 Å². The van der Waals surface area contributed by atoms with Gasteiger partial charge >= 0.3 is 0 Å². The molecule has 0 amide bonds. The Morgan fingerprint density at radius 3 is 2.60 bits per heavy atom. The van der Waals surface area contributed by atoms with E-state index in [1.165, 1.54) is 0 Å². The predicted octanol–water partition coefficient (Wildman–Crippen LogP) is 4.00. The Labute approximate surface area is 149 Å². The molecule has 0 atom stereocenters. The summed E-state index contributed by atoms with van der Waals surface area (Å²) in [6, 6.07) is 13.7. The van der Waals surface area contributed by atoms with Crippen LogP contribution in [-0.2, 0) is 6.54 Å². The average Bonchev–Trinajstić information content (AvgIpc) is 2.61. The number of hydrogen-bond donors (Lipinski definition) is 1. The first-order chi connectivity index (χ1) is 12.1. The molecule has 2 rings (SSSR count). The molecule has 134 valence electrons. The third kappa shape index (κ3) is 5.71. The summed E-state index contributed by atoms with van der Waals surface area (Å²) in [5.74, 6) is 2.32. The van der Waals surface area contributed by atoms with Gasteiger partial charge in [0.1, 0.15) is 5.75 Å². The molecular weight excluding hydrogens is 316 g/mol. The van der Waals surface area contributed by atoms with Gasteiger partial charge in [-0.15, -0.1) is 0 Å². The molecule has 2 aromatic carbocycles. The van der Waals surface area contributed by atoms with E-state index in [9.17, 15) is 0 Å². The highest BCUT2D eigenvalue weighted by atomic mass is 16.5. The number of rotatable bonds is 9. The second kappa shape index (κ2) is 9.57. The van der Waals surface area contributed by atoms with Gasteiger partial charge in [0.2, 0.25) is 0 Å². The van der Waals surface area contributed by atoms with Crippen molar-refractivity contribution < 1.29 is 14.2 Å². The van der Waals surface area contributed by atoms with Gasteiger partial charge in [-0.1, -0.05) is 18.2 Å². The number of ether oxygens (including phenoxy) is 3. The number of hydrazone groups is 1.